The van der Waals surface area contributed by atoms with Gasteiger partial charge in [-0.15, -0.1) is 13.2 Å². The lowest BCUT2D eigenvalue weighted by Gasteiger charge is -2.14. The number of hydrogen-bond acceptors (Lipinski definition) is 4. The molecule has 0 fully saturated rings. The van der Waals surface area contributed by atoms with Crippen molar-refractivity contribution < 1.29 is 32.2 Å². The Morgan fingerprint density at radius 3 is 2.23 bits per heavy atom. The number of amides is 1. The standard InChI is InChI=1S/C18H16F3NO4/c1-12(13-5-3-2-4-6-13)22-16(23)11-25-17(24)14-7-9-15(10-8-14)26-18(19,20)21/h2-10,12H,11H2,1H3,(H,22,23)/t12-/m1/s1. The van der Waals surface area contributed by atoms with E-state index in [0.717, 1.165) is 29.8 Å². The molecule has 0 saturated carbocycles. The molecule has 0 bridgehead atoms. The molecule has 0 aliphatic carbocycles. The summed E-state index contributed by atoms with van der Waals surface area (Å²) in [7, 11) is 0. The Morgan fingerprint density at radius 1 is 1.04 bits per heavy atom. The van der Waals surface area contributed by atoms with Gasteiger partial charge in [0.05, 0.1) is 11.6 Å². The number of halogens is 3. The first-order valence-electron chi connectivity index (χ1n) is 7.62. The first-order valence-corrected chi connectivity index (χ1v) is 7.62. The molecule has 1 N–H and O–H groups in total. The maximum atomic E-state index is 12.1. The molecule has 2 aromatic rings. The highest BCUT2D eigenvalue weighted by Gasteiger charge is 2.31. The predicted molar refractivity (Wildman–Crippen MR) is 86.4 cm³/mol. The number of rotatable bonds is 6. The van der Waals surface area contributed by atoms with Crippen molar-refractivity contribution in [1.82, 2.24) is 5.32 Å². The molecule has 0 saturated heterocycles. The molecule has 0 aliphatic rings. The molecular formula is C18H16F3NO4. The van der Waals surface area contributed by atoms with E-state index in [4.69, 9.17) is 4.74 Å². The molecule has 2 aromatic carbocycles. The van der Waals surface area contributed by atoms with Crippen LogP contribution in [0.2, 0.25) is 0 Å². The van der Waals surface area contributed by atoms with Gasteiger partial charge in [0.1, 0.15) is 5.75 Å². The molecule has 8 heteroatoms. The molecule has 1 amide bonds. The largest absolute Gasteiger partial charge is 0.573 e. The van der Waals surface area contributed by atoms with Crippen LogP contribution in [0, 0.1) is 0 Å². The molecule has 0 unspecified atom stereocenters. The third-order valence-corrected chi connectivity index (χ3v) is 3.34. The van der Waals surface area contributed by atoms with Crippen molar-refractivity contribution in [2.75, 3.05) is 6.61 Å². The minimum atomic E-state index is -4.81. The van der Waals surface area contributed by atoms with Crippen LogP contribution in [0.25, 0.3) is 0 Å². The highest BCUT2D eigenvalue weighted by atomic mass is 19.4. The van der Waals surface area contributed by atoms with Crippen LogP contribution < -0.4 is 10.1 Å². The molecule has 0 aromatic heterocycles. The third kappa shape index (κ3) is 6.12. The number of ether oxygens (including phenoxy) is 2. The lowest BCUT2D eigenvalue weighted by molar-refractivity contribution is -0.274. The van der Waals surface area contributed by atoms with Gasteiger partial charge in [-0.2, -0.15) is 0 Å². The monoisotopic (exact) mass is 367 g/mol. The van der Waals surface area contributed by atoms with E-state index in [1.54, 1.807) is 6.92 Å². The summed E-state index contributed by atoms with van der Waals surface area (Å²) < 4.78 is 44.8. The maximum absolute atomic E-state index is 12.1. The Morgan fingerprint density at radius 2 is 1.65 bits per heavy atom. The van der Waals surface area contributed by atoms with Gasteiger partial charge in [-0.25, -0.2) is 4.79 Å². The molecule has 0 radical (unpaired) electrons. The summed E-state index contributed by atoms with van der Waals surface area (Å²) in [5.41, 5.74) is 0.899. The van der Waals surface area contributed by atoms with E-state index in [2.05, 4.69) is 10.1 Å². The Labute approximate surface area is 147 Å². The Balaban J connectivity index is 1.83. The topological polar surface area (TPSA) is 64.6 Å². The van der Waals surface area contributed by atoms with Crippen LogP contribution >= 0.6 is 0 Å². The summed E-state index contributed by atoms with van der Waals surface area (Å²) in [6.07, 6.45) is -4.81. The number of carbonyl (C=O) groups is 2. The molecule has 5 nitrogen and oxygen atoms in total. The molecule has 0 aliphatic heterocycles. The summed E-state index contributed by atoms with van der Waals surface area (Å²) in [6.45, 7) is 1.28. The van der Waals surface area contributed by atoms with E-state index in [0.29, 0.717) is 0 Å². The fourth-order valence-electron chi connectivity index (χ4n) is 2.12. The lowest BCUT2D eigenvalue weighted by atomic mass is 10.1. The van der Waals surface area contributed by atoms with Gasteiger partial charge >= 0.3 is 12.3 Å². The molecule has 2 rings (SSSR count). The van der Waals surface area contributed by atoms with E-state index < -0.39 is 30.6 Å². The fraction of sp³-hybridized carbons (Fsp3) is 0.222. The number of hydrogen-bond donors (Lipinski definition) is 1. The summed E-state index contributed by atoms with van der Waals surface area (Å²) in [4.78, 5) is 23.7. The highest BCUT2D eigenvalue weighted by molar-refractivity contribution is 5.91. The summed E-state index contributed by atoms with van der Waals surface area (Å²) in [5.74, 6) is -1.78. The van der Waals surface area contributed by atoms with Gasteiger partial charge in [-0.3, -0.25) is 4.79 Å². The zero-order valence-electron chi connectivity index (χ0n) is 13.7. The zero-order chi connectivity index (χ0) is 19.2. The summed E-state index contributed by atoms with van der Waals surface area (Å²) in [6, 6.07) is 13.2. The van der Waals surface area contributed by atoms with E-state index >= 15 is 0 Å². The minimum absolute atomic E-state index is 0.00318. The number of carbonyl (C=O) groups excluding carboxylic acids is 2. The first kappa shape index (κ1) is 19.3. The van der Waals surface area contributed by atoms with E-state index in [9.17, 15) is 22.8 Å². The second-order valence-corrected chi connectivity index (χ2v) is 5.35. The SMILES string of the molecule is C[C@@H](NC(=O)COC(=O)c1ccc(OC(F)(F)F)cc1)c1ccccc1. The smallest absolute Gasteiger partial charge is 0.452 e. The van der Waals surface area contributed by atoms with Gasteiger partial charge in [0.2, 0.25) is 0 Å². The lowest BCUT2D eigenvalue weighted by Crippen LogP contribution is -2.31. The van der Waals surface area contributed by atoms with Gasteiger partial charge in [0, 0.05) is 0 Å². The predicted octanol–water partition coefficient (Wildman–Crippen LogP) is 3.62. The molecule has 0 heterocycles. The van der Waals surface area contributed by atoms with E-state index in [1.165, 1.54) is 0 Å². The van der Waals surface area contributed by atoms with Crippen molar-refractivity contribution in [2.45, 2.75) is 19.3 Å². The van der Waals surface area contributed by atoms with Crippen molar-refractivity contribution in [3.8, 4) is 5.75 Å². The highest BCUT2D eigenvalue weighted by Crippen LogP contribution is 2.22. The van der Waals surface area contributed by atoms with Crippen molar-refractivity contribution in [3.63, 3.8) is 0 Å². The Kier molecular flexibility index (Phi) is 6.21. The summed E-state index contributed by atoms with van der Waals surface area (Å²) in [5, 5.41) is 2.68. The number of esters is 1. The van der Waals surface area contributed by atoms with Crippen molar-refractivity contribution in [1.29, 1.82) is 0 Å². The van der Waals surface area contributed by atoms with Crippen molar-refractivity contribution in [2.24, 2.45) is 0 Å². The second-order valence-electron chi connectivity index (χ2n) is 5.35. The van der Waals surface area contributed by atoms with Crippen LogP contribution in [-0.2, 0) is 9.53 Å². The van der Waals surface area contributed by atoms with Crippen LogP contribution in [0.15, 0.2) is 54.6 Å². The quantitative estimate of drug-likeness (QED) is 0.792. The van der Waals surface area contributed by atoms with Gasteiger partial charge in [0.15, 0.2) is 6.61 Å². The summed E-state index contributed by atoms with van der Waals surface area (Å²) >= 11 is 0. The Hall–Kier alpha value is -3.03. The molecule has 0 spiro atoms. The van der Waals surface area contributed by atoms with Gasteiger partial charge in [0.25, 0.3) is 5.91 Å². The Bertz CT molecular complexity index is 745. The van der Waals surface area contributed by atoms with Crippen LogP contribution in [0.4, 0.5) is 13.2 Å². The molecule has 1 atom stereocenters. The van der Waals surface area contributed by atoms with Crippen molar-refractivity contribution >= 4 is 11.9 Å². The number of alkyl halides is 3. The van der Waals surface area contributed by atoms with Gasteiger partial charge in [-0.05, 0) is 36.8 Å². The van der Waals surface area contributed by atoms with Crippen LogP contribution in [0.3, 0.4) is 0 Å². The zero-order valence-corrected chi connectivity index (χ0v) is 13.7. The van der Waals surface area contributed by atoms with E-state index in [1.807, 2.05) is 30.3 Å². The molecule has 138 valence electrons. The maximum Gasteiger partial charge on any atom is 0.573 e. The third-order valence-electron chi connectivity index (χ3n) is 3.34. The number of nitrogens with one attached hydrogen (secondary N) is 1. The van der Waals surface area contributed by atoms with Crippen molar-refractivity contribution in [3.05, 3.63) is 65.7 Å². The van der Waals surface area contributed by atoms with Crippen LogP contribution in [-0.4, -0.2) is 24.8 Å². The normalized spacial score (nSPS) is 12.2. The average Bonchev–Trinajstić information content (AvgIpc) is 2.59. The second kappa shape index (κ2) is 8.37. The minimum Gasteiger partial charge on any atom is -0.452 e. The van der Waals surface area contributed by atoms with E-state index in [-0.39, 0.29) is 11.6 Å². The average molecular weight is 367 g/mol. The molecular weight excluding hydrogens is 351 g/mol. The van der Waals surface area contributed by atoms with Gasteiger partial charge in [-0.1, -0.05) is 30.3 Å². The molecule has 26 heavy (non-hydrogen) atoms. The fourth-order valence-corrected chi connectivity index (χ4v) is 2.12. The van der Waals surface area contributed by atoms with Gasteiger partial charge < -0.3 is 14.8 Å². The number of benzene rings is 2. The van der Waals surface area contributed by atoms with Crippen LogP contribution in [0.1, 0.15) is 28.9 Å². The first-order chi connectivity index (χ1) is 12.2. The van der Waals surface area contributed by atoms with Crippen LogP contribution in [0.5, 0.6) is 5.75 Å².